The molecule has 112 valence electrons. The molecule has 5 heteroatoms. The molecule has 1 aromatic carbocycles. The fraction of sp³-hybridized carbons (Fsp3) is 0.600. The molecule has 1 aliphatic rings. The summed E-state index contributed by atoms with van der Waals surface area (Å²) in [6.07, 6.45) is -4.31. The third-order valence-corrected chi connectivity index (χ3v) is 4.22. The first kappa shape index (κ1) is 15.3. The van der Waals surface area contributed by atoms with Gasteiger partial charge in [-0.2, -0.15) is 13.2 Å². The van der Waals surface area contributed by atoms with E-state index < -0.39 is 24.0 Å². The van der Waals surface area contributed by atoms with Crippen LogP contribution < -0.4 is 0 Å². The van der Waals surface area contributed by atoms with Gasteiger partial charge < -0.3 is 5.11 Å². The number of rotatable bonds is 2. The van der Waals surface area contributed by atoms with E-state index in [1.54, 1.807) is 19.1 Å². The standard InChI is InChI=1S/C15H18F4O/c1-9-2-3-11(8-13(9)16)14(20)10-4-6-12(7-5-10)15(17,18)19/h2-3,8,10,12,14,20H,4-7H2,1H3. The summed E-state index contributed by atoms with van der Waals surface area (Å²) in [7, 11) is 0. The molecule has 0 spiro atoms. The summed E-state index contributed by atoms with van der Waals surface area (Å²) in [5.74, 6) is -1.89. The summed E-state index contributed by atoms with van der Waals surface area (Å²) >= 11 is 0. The van der Waals surface area contributed by atoms with Gasteiger partial charge in [0.2, 0.25) is 0 Å². The Bertz CT molecular complexity index is 461. The van der Waals surface area contributed by atoms with Crippen LogP contribution in [0, 0.1) is 24.6 Å². The Balaban J connectivity index is 2.01. The molecular formula is C15H18F4O. The van der Waals surface area contributed by atoms with Crippen molar-refractivity contribution in [3.8, 4) is 0 Å². The molecule has 0 aromatic heterocycles. The van der Waals surface area contributed by atoms with Gasteiger partial charge in [-0.25, -0.2) is 4.39 Å². The van der Waals surface area contributed by atoms with E-state index in [9.17, 15) is 22.7 Å². The van der Waals surface area contributed by atoms with Crippen LogP contribution in [0.15, 0.2) is 18.2 Å². The Hall–Kier alpha value is -1.10. The predicted octanol–water partition coefficient (Wildman–Crippen LogP) is 4.54. The van der Waals surface area contributed by atoms with E-state index in [1.165, 1.54) is 6.07 Å². The van der Waals surface area contributed by atoms with Crippen molar-refractivity contribution in [2.24, 2.45) is 11.8 Å². The number of hydrogen-bond acceptors (Lipinski definition) is 1. The maximum Gasteiger partial charge on any atom is 0.391 e. The summed E-state index contributed by atoms with van der Waals surface area (Å²) in [5, 5.41) is 10.2. The highest BCUT2D eigenvalue weighted by Gasteiger charge is 2.42. The van der Waals surface area contributed by atoms with E-state index in [2.05, 4.69) is 0 Å². The van der Waals surface area contributed by atoms with Crippen LogP contribution in [0.4, 0.5) is 17.6 Å². The fourth-order valence-corrected chi connectivity index (χ4v) is 2.83. The van der Waals surface area contributed by atoms with Crippen LogP contribution in [0.25, 0.3) is 0 Å². The second-order valence-electron chi connectivity index (χ2n) is 5.61. The van der Waals surface area contributed by atoms with Gasteiger partial charge in [-0.1, -0.05) is 12.1 Å². The maximum absolute atomic E-state index is 13.5. The van der Waals surface area contributed by atoms with Gasteiger partial charge in [-0.3, -0.25) is 0 Å². The summed E-state index contributed by atoms with van der Waals surface area (Å²) in [6.45, 7) is 1.63. The van der Waals surface area contributed by atoms with Crippen molar-refractivity contribution < 1.29 is 22.7 Å². The number of aliphatic hydroxyl groups is 1. The van der Waals surface area contributed by atoms with Gasteiger partial charge in [0, 0.05) is 0 Å². The molecule has 1 atom stereocenters. The molecule has 1 nitrogen and oxygen atoms in total. The van der Waals surface area contributed by atoms with Gasteiger partial charge in [-0.15, -0.1) is 0 Å². The molecule has 0 bridgehead atoms. The number of aliphatic hydroxyl groups excluding tert-OH is 1. The van der Waals surface area contributed by atoms with Crippen LogP contribution in [0.1, 0.15) is 42.9 Å². The van der Waals surface area contributed by atoms with Crippen molar-refractivity contribution in [2.75, 3.05) is 0 Å². The second-order valence-corrected chi connectivity index (χ2v) is 5.61. The van der Waals surface area contributed by atoms with Crippen LogP contribution in [-0.2, 0) is 0 Å². The molecule has 2 rings (SSSR count). The molecule has 1 fully saturated rings. The number of benzene rings is 1. The number of alkyl halides is 3. The first-order valence-corrected chi connectivity index (χ1v) is 6.80. The molecular weight excluding hydrogens is 272 g/mol. The normalized spacial score (nSPS) is 25.5. The lowest BCUT2D eigenvalue weighted by molar-refractivity contribution is -0.185. The molecule has 0 heterocycles. The van der Waals surface area contributed by atoms with Gasteiger partial charge in [0.15, 0.2) is 0 Å². The quantitative estimate of drug-likeness (QED) is 0.793. The van der Waals surface area contributed by atoms with E-state index >= 15 is 0 Å². The molecule has 1 N–H and O–H groups in total. The summed E-state index contributed by atoms with van der Waals surface area (Å²) < 4.78 is 51.2. The van der Waals surface area contributed by atoms with Crippen molar-refractivity contribution in [3.63, 3.8) is 0 Å². The molecule has 0 aliphatic heterocycles. The number of aryl methyl sites for hydroxylation is 1. The highest BCUT2D eigenvalue weighted by molar-refractivity contribution is 5.25. The number of halogens is 4. The minimum atomic E-state index is -4.15. The van der Waals surface area contributed by atoms with Gasteiger partial charge in [0.05, 0.1) is 12.0 Å². The van der Waals surface area contributed by atoms with Crippen LogP contribution in [0.2, 0.25) is 0 Å². The van der Waals surface area contributed by atoms with Crippen molar-refractivity contribution in [2.45, 2.75) is 44.9 Å². The molecule has 20 heavy (non-hydrogen) atoms. The Morgan fingerprint density at radius 3 is 2.25 bits per heavy atom. The van der Waals surface area contributed by atoms with Gasteiger partial charge >= 0.3 is 6.18 Å². The smallest absolute Gasteiger partial charge is 0.388 e. The SMILES string of the molecule is Cc1ccc(C(O)C2CCC(C(F)(F)F)CC2)cc1F. The topological polar surface area (TPSA) is 20.2 Å². The van der Waals surface area contributed by atoms with Crippen LogP contribution >= 0.6 is 0 Å². The van der Waals surface area contributed by atoms with Crippen LogP contribution in [-0.4, -0.2) is 11.3 Å². The average Bonchev–Trinajstić information content (AvgIpc) is 2.40. The predicted molar refractivity (Wildman–Crippen MR) is 67.6 cm³/mol. The van der Waals surface area contributed by atoms with Crippen molar-refractivity contribution >= 4 is 0 Å². The molecule has 0 saturated heterocycles. The van der Waals surface area contributed by atoms with Gasteiger partial charge in [-0.05, 0) is 55.7 Å². The zero-order valence-electron chi connectivity index (χ0n) is 11.3. The largest absolute Gasteiger partial charge is 0.391 e. The van der Waals surface area contributed by atoms with Crippen LogP contribution in [0.5, 0.6) is 0 Å². The van der Waals surface area contributed by atoms with E-state index in [0.717, 1.165) is 0 Å². The molecule has 1 aliphatic carbocycles. The maximum atomic E-state index is 13.5. The van der Waals surface area contributed by atoms with Crippen molar-refractivity contribution in [1.29, 1.82) is 0 Å². The lowest BCUT2D eigenvalue weighted by Crippen LogP contribution is -2.29. The number of hydrogen-bond donors (Lipinski definition) is 1. The van der Waals surface area contributed by atoms with E-state index in [-0.39, 0.29) is 18.8 Å². The first-order chi connectivity index (χ1) is 9.29. The Morgan fingerprint density at radius 1 is 1.15 bits per heavy atom. The Kier molecular flexibility index (Phi) is 4.37. The lowest BCUT2D eigenvalue weighted by atomic mass is 9.77. The molecule has 0 amide bonds. The monoisotopic (exact) mass is 290 g/mol. The second kappa shape index (κ2) is 5.72. The summed E-state index contributed by atoms with van der Waals surface area (Å²) in [6, 6.07) is 4.49. The fourth-order valence-electron chi connectivity index (χ4n) is 2.83. The van der Waals surface area contributed by atoms with Gasteiger partial charge in [0.1, 0.15) is 5.82 Å². The van der Waals surface area contributed by atoms with Crippen LogP contribution in [0.3, 0.4) is 0 Å². The highest BCUT2D eigenvalue weighted by atomic mass is 19.4. The third kappa shape index (κ3) is 3.32. The highest BCUT2D eigenvalue weighted by Crippen LogP contribution is 2.43. The lowest BCUT2D eigenvalue weighted by Gasteiger charge is -2.32. The zero-order chi connectivity index (χ0) is 14.9. The Morgan fingerprint density at radius 2 is 1.75 bits per heavy atom. The summed E-state index contributed by atoms with van der Waals surface area (Å²) in [4.78, 5) is 0. The van der Waals surface area contributed by atoms with Gasteiger partial charge in [0.25, 0.3) is 0 Å². The molecule has 1 saturated carbocycles. The molecule has 1 unspecified atom stereocenters. The minimum absolute atomic E-state index is 0.0412. The zero-order valence-corrected chi connectivity index (χ0v) is 11.3. The minimum Gasteiger partial charge on any atom is -0.388 e. The third-order valence-electron chi connectivity index (χ3n) is 4.22. The van der Waals surface area contributed by atoms with E-state index in [1.807, 2.05) is 0 Å². The van der Waals surface area contributed by atoms with E-state index in [4.69, 9.17) is 0 Å². The first-order valence-electron chi connectivity index (χ1n) is 6.80. The Labute approximate surface area is 115 Å². The molecule has 0 radical (unpaired) electrons. The average molecular weight is 290 g/mol. The molecule has 1 aromatic rings. The van der Waals surface area contributed by atoms with Crippen molar-refractivity contribution in [1.82, 2.24) is 0 Å². The summed E-state index contributed by atoms with van der Waals surface area (Å²) in [5.41, 5.74) is 0.935. The van der Waals surface area contributed by atoms with Crippen molar-refractivity contribution in [3.05, 3.63) is 35.1 Å². The van der Waals surface area contributed by atoms with E-state index in [0.29, 0.717) is 24.0 Å².